The van der Waals surface area contributed by atoms with Crippen molar-refractivity contribution in [1.82, 2.24) is 0 Å². The van der Waals surface area contributed by atoms with Gasteiger partial charge in [0.05, 0.1) is 7.11 Å². The molecule has 108 valence electrons. The maximum atomic E-state index is 15.2. The fraction of sp³-hybridized carbons (Fsp3) is 0.625. The van der Waals surface area contributed by atoms with E-state index in [0.717, 1.165) is 19.3 Å². The standard InChI is InChI=1S/C16H25FO2/c1-3-4-5-10-16(17,11-7-12-18)14-8-6-9-15(13-14)19-2/h6,8-9,13,18H,3-5,7,10-12H2,1-2H3/t16-/m1/s1. The second-order valence-electron chi connectivity index (χ2n) is 4.98. The van der Waals surface area contributed by atoms with Crippen LogP contribution in [0.15, 0.2) is 24.3 Å². The van der Waals surface area contributed by atoms with Gasteiger partial charge < -0.3 is 9.84 Å². The first-order valence-corrected chi connectivity index (χ1v) is 7.10. The van der Waals surface area contributed by atoms with E-state index < -0.39 is 5.67 Å². The minimum atomic E-state index is -1.35. The van der Waals surface area contributed by atoms with Gasteiger partial charge in [0, 0.05) is 6.61 Å². The van der Waals surface area contributed by atoms with Gasteiger partial charge in [-0.2, -0.15) is 0 Å². The summed E-state index contributed by atoms with van der Waals surface area (Å²) in [4.78, 5) is 0. The molecule has 0 spiro atoms. The zero-order valence-electron chi connectivity index (χ0n) is 12.0. The van der Waals surface area contributed by atoms with Crippen molar-refractivity contribution < 1.29 is 14.2 Å². The van der Waals surface area contributed by atoms with Gasteiger partial charge in [0.2, 0.25) is 0 Å². The summed E-state index contributed by atoms with van der Waals surface area (Å²) in [5.74, 6) is 0.680. The predicted molar refractivity (Wildman–Crippen MR) is 76.2 cm³/mol. The quantitative estimate of drug-likeness (QED) is 0.680. The summed E-state index contributed by atoms with van der Waals surface area (Å²) in [6, 6.07) is 7.22. The highest BCUT2D eigenvalue weighted by molar-refractivity contribution is 5.32. The molecule has 0 saturated carbocycles. The highest BCUT2D eigenvalue weighted by Gasteiger charge is 2.31. The lowest BCUT2D eigenvalue weighted by Crippen LogP contribution is -2.21. The average molecular weight is 268 g/mol. The number of rotatable bonds is 9. The molecular weight excluding hydrogens is 243 g/mol. The zero-order valence-corrected chi connectivity index (χ0v) is 12.0. The summed E-state index contributed by atoms with van der Waals surface area (Å²) in [6.45, 7) is 2.14. The van der Waals surface area contributed by atoms with Crippen molar-refractivity contribution in [3.05, 3.63) is 29.8 Å². The van der Waals surface area contributed by atoms with E-state index in [1.54, 1.807) is 13.2 Å². The monoisotopic (exact) mass is 268 g/mol. The van der Waals surface area contributed by atoms with Crippen LogP contribution in [0.2, 0.25) is 0 Å². The van der Waals surface area contributed by atoms with Gasteiger partial charge in [0.15, 0.2) is 0 Å². The van der Waals surface area contributed by atoms with Gasteiger partial charge in [-0.15, -0.1) is 0 Å². The zero-order chi connectivity index (χ0) is 14.1. The SMILES string of the molecule is CCCCC[C@@](F)(CCCO)c1cccc(OC)c1. The first-order chi connectivity index (χ1) is 9.16. The Balaban J connectivity index is 2.86. The molecule has 1 N–H and O–H groups in total. The largest absolute Gasteiger partial charge is 0.497 e. The first kappa shape index (κ1) is 16.0. The molecule has 2 nitrogen and oxygen atoms in total. The molecule has 0 bridgehead atoms. The molecule has 0 aliphatic rings. The highest BCUT2D eigenvalue weighted by atomic mass is 19.1. The van der Waals surface area contributed by atoms with E-state index in [2.05, 4.69) is 6.92 Å². The van der Waals surface area contributed by atoms with Crippen LogP contribution < -0.4 is 4.74 Å². The Morgan fingerprint density at radius 1 is 1.21 bits per heavy atom. The second-order valence-corrected chi connectivity index (χ2v) is 4.98. The Morgan fingerprint density at radius 3 is 2.58 bits per heavy atom. The van der Waals surface area contributed by atoms with Crippen LogP contribution in [0.1, 0.15) is 51.0 Å². The molecule has 0 saturated heterocycles. The molecule has 0 aliphatic carbocycles. The number of aliphatic hydroxyl groups excluding tert-OH is 1. The smallest absolute Gasteiger partial charge is 0.136 e. The van der Waals surface area contributed by atoms with Crippen LogP contribution in [-0.4, -0.2) is 18.8 Å². The van der Waals surface area contributed by atoms with Gasteiger partial charge in [-0.1, -0.05) is 31.9 Å². The molecule has 19 heavy (non-hydrogen) atoms. The van der Waals surface area contributed by atoms with E-state index in [1.807, 2.05) is 18.2 Å². The number of hydrogen-bond acceptors (Lipinski definition) is 2. The van der Waals surface area contributed by atoms with Crippen LogP contribution in [0, 0.1) is 0 Å². The Kier molecular flexibility index (Phi) is 6.85. The molecule has 0 aliphatic heterocycles. The molecule has 3 heteroatoms. The normalized spacial score (nSPS) is 14.1. The highest BCUT2D eigenvalue weighted by Crippen LogP contribution is 2.37. The lowest BCUT2D eigenvalue weighted by molar-refractivity contribution is 0.117. The third kappa shape index (κ3) is 4.83. The van der Waals surface area contributed by atoms with Gasteiger partial charge in [-0.3, -0.25) is 0 Å². The number of hydrogen-bond donors (Lipinski definition) is 1. The average Bonchev–Trinajstić information content (AvgIpc) is 2.45. The first-order valence-electron chi connectivity index (χ1n) is 7.10. The maximum Gasteiger partial charge on any atom is 0.136 e. The topological polar surface area (TPSA) is 29.5 Å². The predicted octanol–water partition coefficient (Wildman–Crippen LogP) is 4.21. The molecule has 0 radical (unpaired) electrons. The minimum absolute atomic E-state index is 0.0312. The number of unbranched alkanes of at least 4 members (excludes halogenated alkanes) is 2. The van der Waals surface area contributed by atoms with Crippen molar-refractivity contribution >= 4 is 0 Å². The number of methoxy groups -OCH3 is 1. The molecule has 0 amide bonds. The maximum absolute atomic E-state index is 15.2. The Bertz CT molecular complexity index is 368. The molecule has 0 unspecified atom stereocenters. The fourth-order valence-electron chi connectivity index (χ4n) is 2.33. The van der Waals surface area contributed by atoms with Crippen molar-refractivity contribution in [3.8, 4) is 5.75 Å². The van der Waals surface area contributed by atoms with Crippen LogP contribution in [-0.2, 0) is 5.67 Å². The van der Waals surface area contributed by atoms with Gasteiger partial charge in [-0.25, -0.2) is 4.39 Å². The van der Waals surface area contributed by atoms with Crippen LogP contribution in [0.4, 0.5) is 4.39 Å². The fourth-order valence-corrected chi connectivity index (χ4v) is 2.33. The van der Waals surface area contributed by atoms with Gasteiger partial charge in [0.25, 0.3) is 0 Å². The van der Waals surface area contributed by atoms with E-state index in [0.29, 0.717) is 30.6 Å². The number of ether oxygens (including phenoxy) is 1. The lowest BCUT2D eigenvalue weighted by Gasteiger charge is -2.26. The number of halogens is 1. The van der Waals surface area contributed by atoms with Crippen LogP contribution in [0.5, 0.6) is 5.75 Å². The van der Waals surface area contributed by atoms with Crippen LogP contribution in [0.3, 0.4) is 0 Å². The molecule has 1 atom stereocenters. The van der Waals surface area contributed by atoms with E-state index in [4.69, 9.17) is 9.84 Å². The number of alkyl halides is 1. The summed E-state index contributed by atoms with van der Waals surface area (Å²) >= 11 is 0. The summed E-state index contributed by atoms with van der Waals surface area (Å²) < 4.78 is 20.3. The number of benzene rings is 1. The summed E-state index contributed by atoms with van der Waals surface area (Å²) in [6.07, 6.45) is 4.34. The Hall–Kier alpha value is -1.09. The van der Waals surface area contributed by atoms with Crippen molar-refractivity contribution in [2.24, 2.45) is 0 Å². The molecule has 1 aromatic carbocycles. The van der Waals surface area contributed by atoms with E-state index in [1.165, 1.54) is 0 Å². The third-order valence-electron chi connectivity index (χ3n) is 3.49. The Labute approximate surface area is 115 Å². The van der Waals surface area contributed by atoms with Gasteiger partial charge in [0.1, 0.15) is 11.4 Å². The Morgan fingerprint density at radius 2 is 1.95 bits per heavy atom. The van der Waals surface area contributed by atoms with Crippen molar-refractivity contribution in [2.75, 3.05) is 13.7 Å². The molecule has 1 aromatic rings. The summed E-state index contributed by atoms with van der Waals surface area (Å²) in [7, 11) is 1.59. The molecule has 0 fully saturated rings. The van der Waals surface area contributed by atoms with E-state index in [-0.39, 0.29) is 6.61 Å². The summed E-state index contributed by atoms with van der Waals surface area (Å²) in [5, 5.41) is 8.96. The van der Waals surface area contributed by atoms with Crippen LogP contribution >= 0.6 is 0 Å². The molecule has 1 rings (SSSR count). The van der Waals surface area contributed by atoms with Gasteiger partial charge in [-0.05, 0) is 43.4 Å². The molecular formula is C16H25FO2. The van der Waals surface area contributed by atoms with E-state index >= 15 is 4.39 Å². The van der Waals surface area contributed by atoms with Crippen molar-refractivity contribution in [3.63, 3.8) is 0 Å². The van der Waals surface area contributed by atoms with E-state index in [9.17, 15) is 0 Å². The van der Waals surface area contributed by atoms with Crippen molar-refractivity contribution in [1.29, 1.82) is 0 Å². The number of aliphatic hydroxyl groups is 1. The molecule has 0 aromatic heterocycles. The van der Waals surface area contributed by atoms with Crippen LogP contribution in [0.25, 0.3) is 0 Å². The third-order valence-corrected chi connectivity index (χ3v) is 3.49. The van der Waals surface area contributed by atoms with Crippen molar-refractivity contribution in [2.45, 2.75) is 51.1 Å². The minimum Gasteiger partial charge on any atom is -0.497 e. The van der Waals surface area contributed by atoms with Gasteiger partial charge >= 0.3 is 0 Å². The lowest BCUT2D eigenvalue weighted by atomic mass is 9.86. The molecule has 0 heterocycles. The second kappa shape index (κ2) is 8.16. The summed E-state index contributed by atoms with van der Waals surface area (Å²) in [5.41, 5.74) is -0.691.